The lowest BCUT2D eigenvalue weighted by molar-refractivity contribution is -0.136. The van der Waals surface area contributed by atoms with E-state index in [1.165, 1.54) is 30.5 Å². The van der Waals surface area contributed by atoms with Crippen LogP contribution in [0, 0.1) is 5.82 Å². The molecule has 3 aromatic rings. The minimum atomic E-state index is -0.947. The molecule has 0 aliphatic heterocycles. The quantitative estimate of drug-likeness (QED) is 0.321. The predicted octanol–water partition coefficient (Wildman–Crippen LogP) is 4.26. The summed E-state index contributed by atoms with van der Waals surface area (Å²) >= 11 is 3.42. The van der Waals surface area contributed by atoms with E-state index < -0.39 is 17.6 Å². The van der Waals surface area contributed by atoms with Crippen molar-refractivity contribution in [3.05, 3.63) is 94.2 Å². The summed E-state index contributed by atoms with van der Waals surface area (Å²) in [5.74, 6) is -1.66. The van der Waals surface area contributed by atoms with Gasteiger partial charge in [0.1, 0.15) is 18.2 Å². The van der Waals surface area contributed by atoms with Crippen LogP contribution in [0.4, 0.5) is 10.1 Å². The van der Waals surface area contributed by atoms with Crippen LogP contribution in [0.15, 0.2) is 82.4 Å². The molecule has 2 N–H and O–H groups in total. The molecule has 0 atom stereocenters. The van der Waals surface area contributed by atoms with Gasteiger partial charge in [-0.25, -0.2) is 9.82 Å². The van der Waals surface area contributed by atoms with Gasteiger partial charge in [-0.1, -0.05) is 40.2 Å². The van der Waals surface area contributed by atoms with E-state index in [2.05, 4.69) is 31.8 Å². The lowest BCUT2D eigenvalue weighted by atomic mass is 10.2. The number of amides is 2. The minimum Gasteiger partial charge on any atom is -0.489 e. The Hall–Kier alpha value is -3.52. The molecular weight excluding hydrogens is 453 g/mol. The van der Waals surface area contributed by atoms with Crippen LogP contribution >= 0.6 is 15.9 Å². The molecule has 152 valence electrons. The van der Waals surface area contributed by atoms with E-state index in [4.69, 9.17) is 4.74 Å². The Morgan fingerprint density at radius 3 is 2.53 bits per heavy atom. The average molecular weight is 470 g/mol. The maximum Gasteiger partial charge on any atom is 0.329 e. The van der Waals surface area contributed by atoms with Crippen molar-refractivity contribution < 1.29 is 18.7 Å². The summed E-state index contributed by atoms with van der Waals surface area (Å²) in [6.07, 6.45) is 1.40. The van der Waals surface area contributed by atoms with Gasteiger partial charge in [0, 0.05) is 10.2 Å². The van der Waals surface area contributed by atoms with E-state index in [-0.39, 0.29) is 0 Å². The molecule has 3 aromatic carbocycles. The molecule has 0 fully saturated rings. The molecule has 0 radical (unpaired) electrons. The van der Waals surface area contributed by atoms with Gasteiger partial charge < -0.3 is 10.1 Å². The molecule has 0 aliphatic rings. The third-order valence-corrected chi connectivity index (χ3v) is 4.33. The highest BCUT2D eigenvalue weighted by Crippen LogP contribution is 2.16. The molecule has 0 aromatic heterocycles. The van der Waals surface area contributed by atoms with Gasteiger partial charge in [-0.2, -0.15) is 5.10 Å². The maximum absolute atomic E-state index is 12.9. The summed E-state index contributed by atoms with van der Waals surface area (Å²) in [6, 6.07) is 20.0. The average Bonchev–Trinajstić information content (AvgIpc) is 2.74. The Morgan fingerprint density at radius 1 is 1.00 bits per heavy atom. The highest BCUT2D eigenvalue weighted by molar-refractivity contribution is 9.10. The van der Waals surface area contributed by atoms with E-state index in [0.29, 0.717) is 23.6 Å². The van der Waals surface area contributed by atoms with Crippen LogP contribution in [0.2, 0.25) is 0 Å². The molecule has 0 heterocycles. The molecule has 0 spiro atoms. The van der Waals surface area contributed by atoms with E-state index in [0.717, 1.165) is 10.0 Å². The Balaban J connectivity index is 1.51. The second-order valence-corrected chi connectivity index (χ2v) is 7.07. The van der Waals surface area contributed by atoms with E-state index >= 15 is 0 Å². The van der Waals surface area contributed by atoms with Crippen molar-refractivity contribution in [1.29, 1.82) is 0 Å². The molecule has 0 unspecified atom stereocenters. The SMILES string of the molecule is O=C(N/N=C/c1cccc(OCc2cccc(Br)c2)c1)C(=O)Nc1ccc(F)cc1. The topological polar surface area (TPSA) is 79.8 Å². The van der Waals surface area contributed by atoms with E-state index in [1.54, 1.807) is 18.2 Å². The van der Waals surface area contributed by atoms with Gasteiger partial charge in [0.15, 0.2) is 0 Å². The lowest BCUT2D eigenvalue weighted by Crippen LogP contribution is -2.32. The van der Waals surface area contributed by atoms with Crippen LogP contribution in [-0.4, -0.2) is 18.0 Å². The second-order valence-electron chi connectivity index (χ2n) is 6.15. The van der Waals surface area contributed by atoms with Crippen molar-refractivity contribution in [1.82, 2.24) is 5.43 Å². The molecule has 0 bridgehead atoms. The third-order valence-electron chi connectivity index (χ3n) is 3.84. The van der Waals surface area contributed by atoms with Crippen LogP contribution in [0.5, 0.6) is 5.75 Å². The number of halogens is 2. The highest BCUT2D eigenvalue weighted by Gasteiger charge is 2.12. The van der Waals surface area contributed by atoms with E-state index in [9.17, 15) is 14.0 Å². The summed E-state index contributed by atoms with van der Waals surface area (Å²) < 4.78 is 19.6. The number of nitrogens with zero attached hydrogens (tertiary/aromatic N) is 1. The normalized spacial score (nSPS) is 10.6. The van der Waals surface area contributed by atoms with Gasteiger partial charge in [-0.05, 0) is 59.7 Å². The Kier molecular flexibility index (Phi) is 7.29. The number of benzene rings is 3. The molecule has 3 rings (SSSR count). The van der Waals surface area contributed by atoms with Crippen LogP contribution in [0.1, 0.15) is 11.1 Å². The van der Waals surface area contributed by atoms with Crippen LogP contribution in [0.3, 0.4) is 0 Å². The first-order chi connectivity index (χ1) is 14.5. The van der Waals surface area contributed by atoms with Gasteiger partial charge in [-0.15, -0.1) is 0 Å². The Labute approximate surface area is 180 Å². The first-order valence-corrected chi connectivity index (χ1v) is 9.66. The number of nitrogens with one attached hydrogen (secondary N) is 2. The summed E-state index contributed by atoms with van der Waals surface area (Å²) in [5, 5.41) is 6.13. The number of carbonyl (C=O) groups is 2. The fourth-order valence-corrected chi connectivity index (χ4v) is 2.86. The van der Waals surface area contributed by atoms with Crippen molar-refractivity contribution >= 4 is 39.6 Å². The van der Waals surface area contributed by atoms with Gasteiger partial charge in [0.2, 0.25) is 0 Å². The molecule has 0 saturated heterocycles. The molecule has 2 amide bonds. The number of hydrogen-bond acceptors (Lipinski definition) is 4. The van der Waals surface area contributed by atoms with Crippen LogP contribution in [-0.2, 0) is 16.2 Å². The number of anilines is 1. The van der Waals surface area contributed by atoms with Crippen molar-refractivity contribution in [2.24, 2.45) is 5.10 Å². The van der Waals surface area contributed by atoms with Crippen molar-refractivity contribution in [2.45, 2.75) is 6.61 Å². The monoisotopic (exact) mass is 469 g/mol. The standard InChI is InChI=1S/C22H17BrFN3O3/c23-17-5-1-4-16(11-17)14-30-20-6-2-3-15(12-20)13-25-27-22(29)21(28)26-19-9-7-18(24)8-10-19/h1-13H,14H2,(H,26,28)(H,27,29)/b25-13+. The fraction of sp³-hybridized carbons (Fsp3) is 0.0455. The summed E-state index contributed by atoms with van der Waals surface area (Å²) in [4.78, 5) is 23.6. The molecule has 0 saturated carbocycles. The number of ether oxygens (including phenoxy) is 1. The summed E-state index contributed by atoms with van der Waals surface area (Å²) in [6.45, 7) is 0.403. The molecule has 6 nitrogen and oxygen atoms in total. The molecular formula is C22H17BrFN3O3. The number of hydrogen-bond donors (Lipinski definition) is 2. The van der Waals surface area contributed by atoms with Gasteiger partial charge in [0.25, 0.3) is 0 Å². The molecule has 8 heteroatoms. The fourth-order valence-electron chi connectivity index (χ4n) is 2.42. The zero-order valence-electron chi connectivity index (χ0n) is 15.6. The Morgan fingerprint density at radius 2 is 1.77 bits per heavy atom. The van der Waals surface area contributed by atoms with Gasteiger partial charge >= 0.3 is 11.8 Å². The van der Waals surface area contributed by atoms with Crippen molar-refractivity contribution in [3.63, 3.8) is 0 Å². The van der Waals surface area contributed by atoms with Gasteiger partial charge in [0.05, 0.1) is 6.21 Å². The smallest absolute Gasteiger partial charge is 0.329 e. The predicted molar refractivity (Wildman–Crippen MR) is 116 cm³/mol. The van der Waals surface area contributed by atoms with Crippen LogP contribution < -0.4 is 15.5 Å². The second kappa shape index (κ2) is 10.3. The summed E-state index contributed by atoms with van der Waals surface area (Å²) in [5.41, 5.74) is 4.14. The Bertz CT molecular complexity index is 1070. The van der Waals surface area contributed by atoms with Crippen molar-refractivity contribution in [2.75, 3.05) is 5.32 Å². The third kappa shape index (κ3) is 6.52. The zero-order chi connectivity index (χ0) is 21.3. The number of hydrazone groups is 1. The first kappa shape index (κ1) is 21.2. The molecule has 0 aliphatic carbocycles. The first-order valence-electron chi connectivity index (χ1n) is 8.87. The largest absolute Gasteiger partial charge is 0.489 e. The lowest BCUT2D eigenvalue weighted by Gasteiger charge is -2.07. The minimum absolute atomic E-state index is 0.302. The highest BCUT2D eigenvalue weighted by atomic mass is 79.9. The van der Waals surface area contributed by atoms with Crippen molar-refractivity contribution in [3.8, 4) is 5.75 Å². The number of rotatable bonds is 6. The summed E-state index contributed by atoms with van der Waals surface area (Å²) in [7, 11) is 0. The van der Waals surface area contributed by atoms with E-state index in [1.807, 2.05) is 30.3 Å². The molecule has 30 heavy (non-hydrogen) atoms. The maximum atomic E-state index is 12.9. The number of carbonyl (C=O) groups excluding carboxylic acids is 2. The van der Waals surface area contributed by atoms with Crippen LogP contribution in [0.25, 0.3) is 0 Å². The zero-order valence-corrected chi connectivity index (χ0v) is 17.2. The van der Waals surface area contributed by atoms with Gasteiger partial charge in [-0.3, -0.25) is 9.59 Å².